The highest BCUT2D eigenvalue weighted by Crippen LogP contribution is 2.21. The molecular weight excluding hydrogens is 188 g/mol. The molecule has 0 aromatic carbocycles. The van der Waals surface area contributed by atoms with Crippen LogP contribution in [0, 0.1) is 13.8 Å². The molecule has 0 unspecified atom stereocenters. The molecule has 0 saturated heterocycles. The van der Waals surface area contributed by atoms with Crippen LogP contribution in [0.1, 0.15) is 18.2 Å². The average Bonchev–Trinajstić information content (AvgIpc) is 2.13. The zero-order chi connectivity index (χ0) is 10.2. The minimum atomic E-state index is -0.151. The quantitative estimate of drug-likeness (QED) is 0.751. The van der Waals surface area contributed by atoms with Gasteiger partial charge in [0.25, 0.3) is 5.56 Å². The Morgan fingerprint density at radius 1 is 1.46 bits per heavy atom. The summed E-state index contributed by atoms with van der Waals surface area (Å²) in [6.07, 6.45) is 0. The number of nitrogens with two attached hydrogens (primary N) is 1. The summed E-state index contributed by atoms with van der Waals surface area (Å²) in [4.78, 5) is 11.6. The highest BCUT2D eigenvalue weighted by atomic mass is 35.5. The van der Waals surface area contributed by atoms with Crippen LogP contribution in [0.5, 0.6) is 0 Å². The summed E-state index contributed by atoms with van der Waals surface area (Å²) in [5, 5.41) is 0.582. The molecule has 0 atom stereocenters. The first-order valence-electron chi connectivity index (χ1n) is 4.15. The SMILES string of the molecule is CCn1c(C)c(Cl)c(C)c(N)c1=O. The van der Waals surface area contributed by atoms with E-state index in [-0.39, 0.29) is 11.2 Å². The summed E-state index contributed by atoms with van der Waals surface area (Å²) in [6.45, 7) is 6.06. The molecule has 0 saturated carbocycles. The Kier molecular flexibility index (Phi) is 2.66. The molecule has 0 amide bonds. The lowest BCUT2D eigenvalue weighted by Gasteiger charge is -2.12. The Hall–Kier alpha value is -0.960. The van der Waals surface area contributed by atoms with Gasteiger partial charge in [-0.1, -0.05) is 11.6 Å². The number of anilines is 1. The van der Waals surface area contributed by atoms with Crippen LogP contribution in [-0.4, -0.2) is 4.57 Å². The van der Waals surface area contributed by atoms with Gasteiger partial charge in [-0.2, -0.15) is 0 Å². The number of aromatic nitrogens is 1. The number of nitrogens with zero attached hydrogens (tertiary/aromatic N) is 1. The van der Waals surface area contributed by atoms with Gasteiger partial charge in [0.05, 0.1) is 5.02 Å². The predicted octanol–water partition coefficient (Wildman–Crippen LogP) is 1.72. The third kappa shape index (κ3) is 1.44. The summed E-state index contributed by atoms with van der Waals surface area (Å²) >= 11 is 6.00. The number of nitrogen functional groups attached to an aromatic ring is 1. The standard InChI is InChI=1S/C9H13ClN2O/c1-4-12-6(3)7(10)5(2)8(11)9(12)13/h4,11H2,1-3H3. The van der Waals surface area contributed by atoms with Crippen LogP contribution in [0.4, 0.5) is 5.69 Å². The Morgan fingerprint density at radius 3 is 2.46 bits per heavy atom. The largest absolute Gasteiger partial charge is 0.394 e. The molecule has 1 heterocycles. The van der Waals surface area contributed by atoms with Gasteiger partial charge >= 0.3 is 0 Å². The Bertz CT molecular complexity index is 396. The topological polar surface area (TPSA) is 48.0 Å². The summed E-state index contributed by atoms with van der Waals surface area (Å²) in [5.74, 6) is 0. The molecule has 0 aliphatic rings. The van der Waals surface area contributed by atoms with Crippen molar-refractivity contribution in [3.63, 3.8) is 0 Å². The Balaban J connectivity index is 3.67. The van der Waals surface area contributed by atoms with E-state index in [9.17, 15) is 4.79 Å². The number of hydrogen-bond donors (Lipinski definition) is 1. The first-order chi connectivity index (χ1) is 6.00. The third-order valence-corrected chi connectivity index (χ3v) is 2.80. The van der Waals surface area contributed by atoms with Crippen molar-refractivity contribution in [2.75, 3.05) is 5.73 Å². The van der Waals surface area contributed by atoms with Crippen LogP contribution in [0.2, 0.25) is 5.02 Å². The van der Waals surface area contributed by atoms with E-state index < -0.39 is 0 Å². The lowest BCUT2D eigenvalue weighted by molar-refractivity contribution is 0.701. The van der Waals surface area contributed by atoms with Crippen molar-refractivity contribution in [1.82, 2.24) is 4.57 Å². The molecule has 0 spiro atoms. The van der Waals surface area contributed by atoms with Crippen LogP contribution in [0.25, 0.3) is 0 Å². The second-order valence-corrected chi connectivity index (χ2v) is 3.37. The average molecular weight is 201 g/mol. The fourth-order valence-electron chi connectivity index (χ4n) is 1.35. The zero-order valence-corrected chi connectivity index (χ0v) is 8.77. The molecule has 3 nitrogen and oxygen atoms in total. The van der Waals surface area contributed by atoms with Crippen molar-refractivity contribution in [2.45, 2.75) is 27.3 Å². The normalized spacial score (nSPS) is 10.5. The fourth-order valence-corrected chi connectivity index (χ4v) is 1.55. The molecular formula is C9H13ClN2O. The highest BCUT2D eigenvalue weighted by molar-refractivity contribution is 6.32. The smallest absolute Gasteiger partial charge is 0.274 e. The maximum absolute atomic E-state index is 11.6. The van der Waals surface area contributed by atoms with Gasteiger partial charge in [-0.15, -0.1) is 0 Å². The van der Waals surface area contributed by atoms with E-state index in [1.807, 2.05) is 13.8 Å². The molecule has 72 valence electrons. The number of halogens is 1. The van der Waals surface area contributed by atoms with Gasteiger partial charge in [0.15, 0.2) is 0 Å². The monoisotopic (exact) mass is 200 g/mol. The second-order valence-electron chi connectivity index (χ2n) is 2.99. The van der Waals surface area contributed by atoms with Crippen LogP contribution in [-0.2, 0) is 6.54 Å². The van der Waals surface area contributed by atoms with Gasteiger partial charge in [-0.05, 0) is 26.3 Å². The number of hydrogen-bond acceptors (Lipinski definition) is 2. The van der Waals surface area contributed by atoms with Gasteiger partial charge in [0.1, 0.15) is 5.69 Å². The molecule has 13 heavy (non-hydrogen) atoms. The molecule has 0 radical (unpaired) electrons. The predicted molar refractivity (Wildman–Crippen MR) is 55.3 cm³/mol. The lowest BCUT2D eigenvalue weighted by atomic mass is 10.2. The van der Waals surface area contributed by atoms with Gasteiger partial charge in [-0.3, -0.25) is 4.79 Å². The molecule has 1 aromatic heterocycles. The van der Waals surface area contributed by atoms with E-state index in [1.165, 1.54) is 0 Å². The maximum atomic E-state index is 11.6. The van der Waals surface area contributed by atoms with Gasteiger partial charge in [-0.25, -0.2) is 0 Å². The molecule has 0 aliphatic carbocycles. The first-order valence-corrected chi connectivity index (χ1v) is 4.53. The zero-order valence-electron chi connectivity index (χ0n) is 8.02. The molecule has 1 aromatic rings. The van der Waals surface area contributed by atoms with Gasteiger partial charge in [0.2, 0.25) is 0 Å². The highest BCUT2D eigenvalue weighted by Gasteiger charge is 2.11. The summed E-state index contributed by atoms with van der Waals surface area (Å²) in [6, 6.07) is 0. The molecule has 2 N–H and O–H groups in total. The van der Waals surface area contributed by atoms with Crippen LogP contribution >= 0.6 is 11.6 Å². The lowest BCUT2D eigenvalue weighted by Crippen LogP contribution is -2.25. The first kappa shape index (κ1) is 10.1. The summed E-state index contributed by atoms with van der Waals surface area (Å²) in [5.41, 5.74) is 7.16. The van der Waals surface area contributed by atoms with Gasteiger partial charge in [0, 0.05) is 12.2 Å². The third-order valence-electron chi connectivity index (χ3n) is 2.25. The van der Waals surface area contributed by atoms with Crippen molar-refractivity contribution in [3.05, 3.63) is 26.6 Å². The molecule has 0 bridgehead atoms. The molecule has 4 heteroatoms. The van der Waals surface area contributed by atoms with Crippen LogP contribution < -0.4 is 11.3 Å². The van der Waals surface area contributed by atoms with Gasteiger partial charge < -0.3 is 10.3 Å². The Morgan fingerprint density at radius 2 is 2.00 bits per heavy atom. The van der Waals surface area contributed by atoms with Crippen molar-refractivity contribution in [1.29, 1.82) is 0 Å². The van der Waals surface area contributed by atoms with E-state index in [0.29, 0.717) is 17.1 Å². The van der Waals surface area contributed by atoms with Crippen molar-refractivity contribution in [3.8, 4) is 0 Å². The van der Waals surface area contributed by atoms with Crippen LogP contribution in [0.3, 0.4) is 0 Å². The number of pyridine rings is 1. The van der Waals surface area contributed by atoms with E-state index in [4.69, 9.17) is 17.3 Å². The number of rotatable bonds is 1. The molecule has 0 aliphatic heterocycles. The fraction of sp³-hybridized carbons (Fsp3) is 0.444. The van der Waals surface area contributed by atoms with E-state index in [0.717, 1.165) is 5.69 Å². The summed E-state index contributed by atoms with van der Waals surface area (Å²) in [7, 11) is 0. The minimum Gasteiger partial charge on any atom is -0.394 e. The van der Waals surface area contributed by atoms with Crippen LogP contribution in [0.15, 0.2) is 4.79 Å². The molecule has 1 rings (SSSR count). The minimum absolute atomic E-state index is 0.151. The van der Waals surface area contributed by atoms with Crippen molar-refractivity contribution in [2.24, 2.45) is 0 Å². The van der Waals surface area contributed by atoms with Crippen molar-refractivity contribution >= 4 is 17.3 Å². The molecule has 0 fully saturated rings. The van der Waals surface area contributed by atoms with E-state index in [2.05, 4.69) is 0 Å². The van der Waals surface area contributed by atoms with E-state index in [1.54, 1.807) is 11.5 Å². The van der Waals surface area contributed by atoms with Crippen molar-refractivity contribution < 1.29 is 0 Å². The van der Waals surface area contributed by atoms with E-state index >= 15 is 0 Å². The summed E-state index contributed by atoms with van der Waals surface area (Å²) < 4.78 is 1.57. The second kappa shape index (κ2) is 3.42. The Labute approximate surface area is 82.1 Å². The maximum Gasteiger partial charge on any atom is 0.274 e.